The number of carbonyl (C=O) groups is 1. The number of hydrogen-bond acceptors (Lipinski definition) is 6. The van der Waals surface area contributed by atoms with Crippen molar-refractivity contribution in [2.45, 2.75) is 44.3 Å². The topological polar surface area (TPSA) is 93.1 Å². The Bertz CT molecular complexity index is 672. The van der Waals surface area contributed by atoms with Crippen molar-refractivity contribution in [3.8, 4) is 0 Å². The second-order valence-corrected chi connectivity index (χ2v) is 8.91. The van der Waals surface area contributed by atoms with Crippen molar-refractivity contribution >= 4 is 15.7 Å². The van der Waals surface area contributed by atoms with Gasteiger partial charge in [-0.3, -0.25) is 4.79 Å². The molecule has 1 rings (SSSR count). The number of rotatable bonds is 12. The first-order valence-corrected chi connectivity index (χ1v) is 10.7. The van der Waals surface area contributed by atoms with E-state index in [1.54, 1.807) is 24.3 Å². The van der Waals surface area contributed by atoms with Crippen molar-refractivity contribution in [1.82, 2.24) is 4.90 Å². The van der Waals surface area contributed by atoms with Gasteiger partial charge in [-0.15, -0.1) is 0 Å². The van der Waals surface area contributed by atoms with E-state index in [2.05, 4.69) is 0 Å². The summed E-state index contributed by atoms with van der Waals surface area (Å²) in [5.41, 5.74) is 0.969. The van der Waals surface area contributed by atoms with Gasteiger partial charge in [0.15, 0.2) is 9.84 Å². The zero-order valence-electron chi connectivity index (χ0n) is 16.6. The van der Waals surface area contributed by atoms with Crippen molar-refractivity contribution in [3.05, 3.63) is 29.8 Å². The van der Waals surface area contributed by atoms with Crippen LogP contribution < -0.4 is 0 Å². The van der Waals surface area contributed by atoms with E-state index in [0.29, 0.717) is 13.2 Å². The average molecular weight is 402 g/mol. The van der Waals surface area contributed by atoms with Crippen LogP contribution in [0.3, 0.4) is 0 Å². The van der Waals surface area contributed by atoms with E-state index >= 15 is 0 Å². The van der Waals surface area contributed by atoms with Gasteiger partial charge < -0.3 is 19.5 Å². The molecule has 0 unspecified atom stereocenters. The Labute approximate surface area is 162 Å². The summed E-state index contributed by atoms with van der Waals surface area (Å²) in [6, 6.07) is 6.54. The minimum atomic E-state index is -3.51. The van der Waals surface area contributed by atoms with Crippen LogP contribution in [0.4, 0.5) is 0 Å². The molecular formula is C19H31NO6S. The smallest absolute Gasteiger partial charge is 0.223 e. The summed E-state index contributed by atoms with van der Waals surface area (Å²) < 4.78 is 35.2. The highest BCUT2D eigenvalue weighted by molar-refractivity contribution is 7.91. The molecule has 0 saturated carbocycles. The third-order valence-corrected chi connectivity index (χ3v) is 5.60. The van der Waals surface area contributed by atoms with Crippen LogP contribution in [0.2, 0.25) is 0 Å². The van der Waals surface area contributed by atoms with Gasteiger partial charge in [0.2, 0.25) is 5.91 Å². The third kappa shape index (κ3) is 9.32. The molecular weight excluding hydrogens is 370 g/mol. The zero-order valence-corrected chi connectivity index (χ0v) is 17.4. The van der Waals surface area contributed by atoms with Gasteiger partial charge in [0, 0.05) is 20.0 Å². The molecule has 1 amide bonds. The molecule has 0 heterocycles. The van der Waals surface area contributed by atoms with Crippen LogP contribution in [-0.2, 0) is 24.1 Å². The monoisotopic (exact) mass is 401 g/mol. The van der Waals surface area contributed by atoms with Gasteiger partial charge in [-0.2, -0.15) is 0 Å². The molecule has 0 bridgehead atoms. The van der Waals surface area contributed by atoms with Crippen molar-refractivity contribution in [2.24, 2.45) is 0 Å². The number of sulfone groups is 1. The van der Waals surface area contributed by atoms with E-state index in [1.165, 1.54) is 11.9 Å². The summed E-state index contributed by atoms with van der Waals surface area (Å²) in [5.74, 6) is -0.605. The lowest BCUT2D eigenvalue weighted by Gasteiger charge is -2.21. The molecule has 1 atom stereocenters. The molecule has 1 aromatic rings. The normalized spacial score (nSPS) is 13.0. The Morgan fingerprint density at radius 2 is 1.81 bits per heavy atom. The van der Waals surface area contributed by atoms with Gasteiger partial charge >= 0.3 is 0 Å². The fourth-order valence-corrected chi connectivity index (χ4v) is 3.54. The molecule has 8 heteroatoms. The fourth-order valence-electron chi connectivity index (χ4n) is 2.31. The van der Waals surface area contributed by atoms with Crippen LogP contribution in [0.1, 0.15) is 25.8 Å². The van der Waals surface area contributed by atoms with Gasteiger partial charge in [0.1, 0.15) is 0 Å². The van der Waals surface area contributed by atoms with E-state index in [9.17, 15) is 18.3 Å². The first-order chi connectivity index (χ1) is 12.6. The second-order valence-electron chi connectivity index (χ2n) is 6.80. The van der Waals surface area contributed by atoms with Crippen molar-refractivity contribution in [3.63, 3.8) is 0 Å². The largest absolute Gasteiger partial charge is 0.389 e. The number of benzene rings is 1. The van der Waals surface area contributed by atoms with Gasteiger partial charge in [-0.25, -0.2) is 8.42 Å². The first-order valence-electron chi connectivity index (χ1n) is 9.02. The number of amides is 1. The van der Waals surface area contributed by atoms with Crippen LogP contribution in [0.5, 0.6) is 0 Å². The molecule has 0 aliphatic heterocycles. The molecule has 0 aliphatic rings. The standard InChI is InChI=1S/C19H31NO6S/c1-15(2)26-11-10-25-14-17(21)13-20(4)19(22)9-12-27(23,24)18-7-5-16(3)6-8-18/h5-8,15,17,21H,9-14H2,1-4H3/t17-/m1/s1. The number of aryl methyl sites for hydroxylation is 1. The van der Waals surface area contributed by atoms with Crippen LogP contribution in [0.25, 0.3) is 0 Å². The molecule has 0 aromatic heterocycles. The summed E-state index contributed by atoms with van der Waals surface area (Å²) >= 11 is 0. The maximum Gasteiger partial charge on any atom is 0.223 e. The predicted molar refractivity (Wildman–Crippen MR) is 103 cm³/mol. The van der Waals surface area contributed by atoms with Crippen LogP contribution in [0.15, 0.2) is 29.2 Å². The van der Waals surface area contributed by atoms with Crippen molar-refractivity contribution in [2.75, 3.05) is 39.2 Å². The van der Waals surface area contributed by atoms with Gasteiger partial charge in [-0.05, 0) is 32.9 Å². The van der Waals surface area contributed by atoms with E-state index in [0.717, 1.165) is 5.56 Å². The number of ether oxygens (including phenoxy) is 2. The predicted octanol–water partition coefficient (Wildman–Crippen LogP) is 1.42. The number of hydrogen-bond donors (Lipinski definition) is 1. The summed E-state index contributed by atoms with van der Waals surface area (Å²) in [4.78, 5) is 13.7. The Hall–Kier alpha value is -1.48. The lowest BCUT2D eigenvalue weighted by Crippen LogP contribution is -2.37. The quantitative estimate of drug-likeness (QED) is 0.533. The Morgan fingerprint density at radius 3 is 2.41 bits per heavy atom. The lowest BCUT2D eigenvalue weighted by atomic mass is 10.2. The van der Waals surface area contributed by atoms with Gasteiger partial charge in [0.25, 0.3) is 0 Å². The zero-order chi connectivity index (χ0) is 20.4. The third-order valence-electron chi connectivity index (χ3n) is 3.86. The molecule has 0 saturated heterocycles. The number of likely N-dealkylation sites (N-methyl/N-ethyl adjacent to an activating group) is 1. The Morgan fingerprint density at radius 1 is 1.19 bits per heavy atom. The minimum absolute atomic E-state index is 0.0778. The Balaban J connectivity index is 2.35. The molecule has 1 aromatic carbocycles. The van der Waals surface area contributed by atoms with E-state index in [1.807, 2.05) is 20.8 Å². The van der Waals surface area contributed by atoms with Crippen LogP contribution in [0, 0.1) is 6.92 Å². The first kappa shape index (κ1) is 23.6. The number of carbonyl (C=O) groups excluding carboxylic acids is 1. The second kappa shape index (κ2) is 11.4. The van der Waals surface area contributed by atoms with E-state index in [4.69, 9.17) is 9.47 Å². The van der Waals surface area contributed by atoms with E-state index in [-0.39, 0.29) is 42.2 Å². The van der Waals surface area contributed by atoms with Crippen LogP contribution in [-0.4, -0.2) is 75.7 Å². The summed E-state index contributed by atoms with van der Waals surface area (Å²) in [6.45, 7) is 6.69. The molecule has 1 N–H and O–H groups in total. The van der Waals surface area contributed by atoms with Crippen molar-refractivity contribution in [1.29, 1.82) is 0 Å². The lowest BCUT2D eigenvalue weighted by molar-refractivity contribution is -0.131. The molecule has 0 aliphatic carbocycles. The average Bonchev–Trinajstić information content (AvgIpc) is 2.59. The molecule has 154 valence electrons. The minimum Gasteiger partial charge on any atom is -0.389 e. The fraction of sp³-hybridized carbons (Fsp3) is 0.632. The number of aliphatic hydroxyl groups excluding tert-OH is 1. The molecule has 27 heavy (non-hydrogen) atoms. The molecule has 7 nitrogen and oxygen atoms in total. The number of aliphatic hydroxyl groups is 1. The highest BCUT2D eigenvalue weighted by atomic mass is 32.2. The van der Waals surface area contributed by atoms with E-state index < -0.39 is 15.9 Å². The summed E-state index contributed by atoms with van der Waals surface area (Å²) in [6.07, 6.45) is -0.854. The molecule has 0 spiro atoms. The maximum atomic E-state index is 12.3. The molecule has 0 radical (unpaired) electrons. The maximum absolute atomic E-state index is 12.3. The van der Waals surface area contributed by atoms with Gasteiger partial charge in [-0.1, -0.05) is 17.7 Å². The molecule has 0 fully saturated rings. The Kier molecular flexibility index (Phi) is 9.93. The SMILES string of the molecule is Cc1ccc(S(=O)(=O)CCC(=O)N(C)C[C@@H](O)COCCOC(C)C)cc1. The highest BCUT2D eigenvalue weighted by Crippen LogP contribution is 2.13. The van der Waals surface area contributed by atoms with Crippen molar-refractivity contribution < 1.29 is 27.8 Å². The van der Waals surface area contributed by atoms with Gasteiger partial charge in [0.05, 0.1) is 42.7 Å². The highest BCUT2D eigenvalue weighted by Gasteiger charge is 2.19. The van der Waals surface area contributed by atoms with Crippen LogP contribution >= 0.6 is 0 Å². The summed E-state index contributed by atoms with van der Waals surface area (Å²) in [7, 11) is -1.98. The summed E-state index contributed by atoms with van der Waals surface area (Å²) in [5, 5.41) is 9.93. The number of nitrogens with zero attached hydrogens (tertiary/aromatic N) is 1.